The zero-order chi connectivity index (χ0) is 11.8. The second-order valence-corrected chi connectivity index (χ2v) is 7.32. The van der Waals surface area contributed by atoms with Crippen molar-refractivity contribution in [2.45, 2.75) is 24.1 Å². The first kappa shape index (κ1) is 14.8. The van der Waals surface area contributed by atoms with E-state index < -0.39 is 10.0 Å². The molecule has 98 valence electrons. The average Bonchev–Trinajstić information content (AvgIpc) is 2.65. The number of hydrogen-bond donors (Lipinski definition) is 1. The van der Waals surface area contributed by atoms with Crippen LogP contribution in [0, 0.1) is 6.92 Å². The summed E-state index contributed by atoms with van der Waals surface area (Å²) in [4.78, 5) is 3.99. The second-order valence-electron chi connectivity index (χ2n) is 3.92. The molecule has 1 saturated heterocycles. The van der Waals surface area contributed by atoms with Gasteiger partial charge < -0.3 is 5.32 Å². The standard InChI is InChI=1S/C9H15N3O2S2.ClH/c1-7-6-12(4-3-10-7)16(13,14)9-5-11-8(2)15-9;/h5,7,10H,3-4,6H2,1-2H3;1H. The smallest absolute Gasteiger partial charge is 0.254 e. The fraction of sp³-hybridized carbons (Fsp3) is 0.667. The van der Waals surface area contributed by atoms with Gasteiger partial charge >= 0.3 is 0 Å². The number of halogens is 1. The Balaban J connectivity index is 0.00000144. The zero-order valence-corrected chi connectivity index (χ0v) is 12.2. The largest absolute Gasteiger partial charge is 0.312 e. The molecule has 2 rings (SSSR count). The van der Waals surface area contributed by atoms with Crippen LogP contribution < -0.4 is 5.32 Å². The lowest BCUT2D eigenvalue weighted by atomic mass is 10.3. The number of sulfonamides is 1. The molecule has 5 nitrogen and oxygen atoms in total. The Morgan fingerprint density at radius 1 is 1.59 bits per heavy atom. The highest BCUT2D eigenvalue weighted by Crippen LogP contribution is 2.22. The monoisotopic (exact) mass is 297 g/mol. The van der Waals surface area contributed by atoms with Gasteiger partial charge in [0.2, 0.25) is 0 Å². The van der Waals surface area contributed by atoms with Crippen molar-refractivity contribution in [3.05, 3.63) is 11.2 Å². The average molecular weight is 298 g/mol. The van der Waals surface area contributed by atoms with Gasteiger partial charge in [-0.2, -0.15) is 4.31 Å². The van der Waals surface area contributed by atoms with Gasteiger partial charge in [0.05, 0.1) is 11.2 Å². The minimum Gasteiger partial charge on any atom is -0.312 e. The van der Waals surface area contributed by atoms with Crippen LogP contribution in [-0.2, 0) is 10.0 Å². The summed E-state index contributed by atoms with van der Waals surface area (Å²) >= 11 is 1.23. The molecule has 1 N–H and O–H groups in total. The maximum absolute atomic E-state index is 12.2. The lowest BCUT2D eigenvalue weighted by Gasteiger charge is -2.30. The van der Waals surface area contributed by atoms with Crippen LogP contribution >= 0.6 is 23.7 Å². The van der Waals surface area contributed by atoms with Crippen LogP contribution in [0.15, 0.2) is 10.4 Å². The van der Waals surface area contributed by atoms with Gasteiger partial charge in [0.25, 0.3) is 10.0 Å². The van der Waals surface area contributed by atoms with E-state index >= 15 is 0 Å². The van der Waals surface area contributed by atoms with E-state index in [1.807, 2.05) is 13.8 Å². The number of nitrogens with zero attached hydrogens (tertiary/aromatic N) is 2. The Morgan fingerprint density at radius 2 is 2.29 bits per heavy atom. The third kappa shape index (κ3) is 3.17. The number of piperazine rings is 1. The van der Waals surface area contributed by atoms with Gasteiger partial charge in [-0.05, 0) is 13.8 Å². The third-order valence-electron chi connectivity index (χ3n) is 2.53. The van der Waals surface area contributed by atoms with Crippen molar-refractivity contribution in [3.63, 3.8) is 0 Å². The molecule has 0 amide bonds. The van der Waals surface area contributed by atoms with E-state index in [-0.39, 0.29) is 18.4 Å². The van der Waals surface area contributed by atoms with Crippen LogP contribution in [-0.4, -0.2) is 43.4 Å². The van der Waals surface area contributed by atoms with Gasteiger partial charge in [0, 0.05) is 25.7 Å². The Morgan fingerprint density at radius 3 is 2.82 bits per heavy atom. The maximum atomic E-state index is 12.2. The summed E-state index contributed by atoms with van der Waals surface area (Å²) in [6.07, 6.45) is 1.45. The molecule has 1 fully saturated rings. The summed E-state index contributed by atoms with van der Waals surface area (Å²) < 4.78 is 26.3. The molecule has 0 aromatic carbocycles. The van der Waals surface area contributed by atoms with Gasteiger partial charge in [-0.3, -0.25) is 0 Å². The number of rotatable bonds is 2. The Kier molecular flexibility index (Phi) is 4.91. The van der Waals surface area contributed by atoms with Gasteiger partial charge in [-0.15, -0.1) is 23.7 Å². The lowest BCUT2D eigenvalue weighted by molar-refractivity contribution is 0.310. The predicted octanol–water partition coefficient (Wildman–Crippen LogP) is 0.856. The molecule has 0 bridgehead atoms. The molecule has 1 aromatic heterocycles. The molecule has 1 atom stereocenters. The summed E-state index contributed by atoms with van der Waals surface area (Å²) in [7, 11) is -3.32. The van der Waals surface area contributed by atoms with E-state index in [0.717, 1.165) is 5.01 Å². The molecule has 17 heavy (non-hydrogen) atoms. The predicted molar refractivity (Wildman–Crippen MR) is 70.3 cm³/mol. The quantitative estimate of drug-likeness (QED) is 0.879. The van der Waals surface area contributed by atoms with Crippen LogP contribution in [0.3, 0.4) is 0 Å². The van der Waals surface area contributed by atoms with Crippen molar-refractivity contribution in [2.24, 2.45) is 0 Å². The number of thiazole rings is 1. The first-order valence-corrected chi connectivity index (χ1v) is 7.42. The molecule has 2 heterocycles. The molecule has 0 spiro atoms. The van der Waals surface area contributed by atoms with Crippen molar-refractivity contribution in [3.8, 4) is 0 Å². The highest BCUT2D eigenvalue weighted by Gasteiger charge is 2.29. The number of aryl methyl sites for hydroxylation is 1. The van der Waals surface area contributed by atoms with Crippen LogP contribution in [0.4, 0.5) is 0 Å². The van der Waals surface area contributed by atoms with Crippen molar-refractivity contribution in [1.82, 2.24) is 14.6 Å². The van der Waals surface area contributed by atoms with E-state index in [9.17, 15) is 8.42 Å². The SMILES string of the molecule is Cc1ncc(S(=O)(=O)N2CCNC(C)C2)s1.Cl. The fourth-order valence-corrected chi connectivity index (χ4v) is 4.50. The highest BCUT2D eigenvalue weighted by atomic mass is 35.5. The van der Waals surface area contributed by atoms with Gasteiger partial charge in [0.1, 0.15) is 0 Å². The van der Waals surface area contributed by atoms with E-state index in [1.165, 1.54) is 21.8 Å². The molecule has 1 aliphatic rings. The van der Waals surface area contributed by atoms with Crippen molar-refractivity contribution < 1.29 is 8.42 Å². The minimum absolute atomic E-state index is 0. The van der Waals surface area contributed by atoms with E-state index in [1.54, 1.807) is 0 Å². The van der Waals surface area contributed by atoms with Crippen molar-refractivity contribution in [2.75, 3.05) is 19.6 Å². The van der Waals surface area contributed by atoms with E-state index in [2.05, 4.69) is 10.3 Å². The number of aromatic nitrogens is 1. The summed E-state index contributed by atoms with van der Waals surface area (Å²) in [5.41, 5.74) is 0. The van der Waals surface area contributed by atoms with Crippen LogP contribution in [0.5, 0.6) is 0 Å². The topological polar surface area (TPSA) is 62.3 Å². The van der Waals surface area contributed by atoms with Crippen LogP contribution in [0.1, 0.15) is 11.9 Å². The van der Waals surface area contributed by atoms with Gasteiger partial charge in [0.15, 0.2) is 4.21 Å². The summed E-state index contributed by atoms with van der Waals surface area (Å²) in [5, 5.41) is 4.00. The van der Waals surface area contributed by atoms with Crippen molar-refractivity contribution >= 4 is 33.8 Å². The number of nitrogens with one attached hydrogen (secondary N) is 1. The Bertz CT molecular complexity index is 474. The second kappa shape index (κ2) is 5.62. The van der Waals surface area contributed by atoms with Gasteiger partial charge in [-0.1, -0.05) is 0 Å². The lowest BCUT2D eigenvalue weighted by Crippen LogP contribution is -2.51. The first-order chi connectivity index (χ1) is 7.50. The van der Waals surface area contributed by atoms with Crippen LogP contribution in [0.25, 0.3) is 0 Å². The van der Waals surface area contributed by atoms with E-state index in [0.29, 0.717) is 23.8 Å². The minimum atomic E-state index is -3.32. The highest BCUT2D eigenvalue weighted by molar-refractivity contribution is 7.91. The molecular formula is C9H16ClN3O2S2. The molecule has 8 heteroatoms. The zero-order valence-electron chi connectivity index (χ0n) is 9.71. The third-order valence-corrected chi connectivity index (χ3v) is 5.74. The maximum Gasteiger partial charge on any atom is 0.254 e. The van der Waals surface area contributed by atoms with E-state index in [4.69, 9.17) is 0 Å². The molecule has 1 aromatic rings. The van der Waals surface area contributed by atoms with Gasteiger partial charge in [-0.25, -0.2) is 13.4 Å². The molecule has 0 radical (unpaired) electrons. The summed E-state index contributed by atoms with van der Waals surface area (Å²) in [5.74, 6) is 0. The molecule has 1 aliphatic heterocycles. The molecule has 0 saturated carbocycles. The fourth-order valence-electron chi connectivity index (χ4n) is 1.70. The molecule has 0 aliphatic carbocycles. The van der Waals surface area contributed by atoms with Crippen molar-refractivity contribution in [1.29, 1.82) is 0 Å². The summed E-state index contributed by atoms with van der Waals surface area (Å²) in [6.45, 7) is 5.56. The molecular weight excluding hydrogens is 282 g/mol. The summed E-state index contributed by atoms with van der Waals surface area (Å²) in [6, 6.07) is 0.206. The Hall–Kier alpha value is -0.210. The van der Waals surface area contributed by atoms with Crippen LogP contribution in [0.2, 0.25) is 0 Å². The molecule has 1 unspecified atom stereocenters. The number of hydrogen-bond acceptors (Lipinski definition) is 5. The normalized spacial score (nSPS) is 22.1. The first-order valence-electron chi connectivity index (χ1n) is 5.16. The Labute approximate surface area is 112 Å².